The van der Waals surface area contributed by atoms with Crippen LogP contribution in [0.5, 0.6) is 0 Å². The lowest BCUT2D eigenvalue weighted by Gasteiger charge is -2.19. The van der Waals surface area contributed by atoms with Crippen LogP contribution in [-0.4, -0.2) is 35.3 Å². The van der Waals surface area contributed by atoms with Gasteiger partial charge in [-0.3, -0.25) is 9.78 Å². The summed E-state index contributed by atoms with van der Waals surface area (Å²) in [6, 6.07) is 6.59. The summed E-state index contributed by atoms with van der Waals surface area (Å²) in [5.41, 5.74) is -0.640. The minimum atomic E-state index is -0.701. The number of hydrogen-bond acceptors (Lipinski definition) is 6. The largest absolute Gasteiger partial charge is 0.465 e. The zero-order chi connectivity index (χ0) is 14.7. The molecule has 1 aromatic heterocycles. The lowest BCUT2D eigenvalue weighted by molar-refractivity contribution is 0.0601. The van der Waals surface area contributed by atoms with Gasteiger partial charge in [0.1, 0.15) is 0 Å². The van der Waals surface area contributed by atoms with Gasteiger partial charge in [0.2, 0.25) is 5.82 Å². The summed E-state index contributed by atoms with van der Waals surface area (Å²) in [4.78, 5) is 37.8. The van der Waals surface area contributed by atoms with Crippen molar-refractivity contribution >= 4 is 17.5 Å². The van der Waals surface area contributed by atoms with Gasteiger partial charge in [-0.25, -0.2) is 14.7 Å². The van der Waals surface area contributed by atoms with E-state index in [1.54, 1.807) is 31.3 Å². The normalized spacial score (nSPS) is 10.1. The number of anilines is 2. The Morgan fingerprint density at radius 3 is 2.65 bits per heavy atom. The molecule has 0 amide bonds. The molecule has 0 unspecified atom stereocenters. The average Bonchev–Trinajstić information content (AvgIpc) is 2.46. The topological polar surface area (TPSA) is 108 Å². The highest BCUT2D eigenvalue weighted by atomic mass is 16.5. The molecule has 0 bridgehead atoms. The lowest BCUT2D eigenvalue weighted by Crippen LogP contribution is -2.30. The number of hydrogen-bond donors (Lipinski definition) is 2. The van der Waals surface area contributed by atoms with Crippen LogP contribution in [0.15, 0.2) is 33.9 Å². The average molecular weight is 276 g/mol. The number of H-pyrrole nitrogens is 2. The van der Waals surface area contributed by atoms with E-state index in [0.717, 1.165) is 0 Å². The molecule has 0 aliphatic rings. The van der Waals surface area contributed by atoms with E-state index in [1.807, 2.05) is 0 Å². The second-order valence-electron chi connectivity index (χ2n) is 3.90. The third kappa shape index (κ3) is 2.44. The molecule has 0 spiro atoms. The number of benzene rings is 1. The highest BCUT2D eigenvalue weighted by Gasteiger charge is 2.18. The first-order valence-electron chi connectivity index (χ1n) is 5.64. The first kappa shape index (κ1) is 13.5. The van der Waals surface area contributed by atoms with Gasteiger partial charge in [-0.15, -0.1) is 5.10 Å². The van der Waals surface area contributed by atoms with Crippen molar-refractivity contribution in [1.82, 2.24) is 15.2 Å². The molecule has 0 fully saturated rings. The first-order chi connectivity index (χ1) is 9.54. The maximum Gasteiger partial charge on any atom is 0.342 e. The molecule has 2 rings (SSSR count). The number of para-hydroxylation sites is 1. The number of nitrogens with one attached hydrogen (secondary N) is 2. The van der Waals surface area contributed by atoms with Gasteiger partial charge in [0.25, 0.3) is 5.56 Å². The van der Waals surface area contributed by atoms with Crippen molar-refractivity contribution in [3.63, 3.8) is 0 Å². The second-order valence-corrected chi connectivity index (χ2v) is 3.90. The Bertz CT molecular complexity index is 749. The van der Waals surface area contributed by atoms with Crippen molar-refractivity contribution in [3.8, 4) is 0 Å². The molecule has 20 heavy (non-hydrogen) atoms. The summed E-state index contributed by atoms with van der Waals surface area (Å²) in [6.45, 7) is 0. The number of carbonyl (C=O) groups excluding carboxylic acids is 1. The fraction of sp³-hybridized carbons (Fsp3) is 0.167. The van der Waals surface area contributed by atoms with Gasteiger partial charge in [0.05, 0.1) is 18.4 Å². The van der Waals surface area contributed by atoms with Gasteiger partial charge < -0.3 is 9.64 Å². The van der Waals surface area contributed by atoms with Gasteiger partial charge in [-0.2, -0.15) is 0 Å². The Kier molecular flexibility index (Phi) is 3.65. The van der Waals surface area contributed by atoms with Crippen molar-refractivity contribution in [2.45, 2.75) is 0 Å². The van der Waals surface area contributed by atoms with Crippen molar-refractivity contribution in [3.05, 3.63) is 50.7 Å². The maximum atomic E-state index is 11.7. The van der Waals surface area contributed by atoms with Gasteiger partial charge in [0.15, 0.2) is 0 Å². The molecule has 0 saturated carbocycles. The molecule has 1 heterocycles. The van der Waals surface area contributed by atoms with E-state index in [4.69, 9.17) is 0 Å². The molecule has 8 heteroatoms. The van der Waals surface area contributed by atoms with Gasteiger partial charge in [-0.05, 0) is 12.1 Å². The van der Waals surface area contributed by atoms with E-state index in [2.05, 4.69) is 19.9 Å². The minimum Gasteiger partial charge on any atom is -0.465 e. The van der Waals surface area contributed by atoms with Crippen LogP contribution >= 0.6 is 0 Å². The minimum absolute atomic E-state index is 0.0408. The molecule has 0 aliphatic carbocycles. The number of aromatic nitrogens is 3. The molecule has 8 nitrogen and oxygen atoms in total. The maximum absolute atomic E-state index is 11.7. The summed E-state index contributed by atoms with van der Waals surface area (Å²) in [5, 5.41) is 5.81. The quantitative estimate of drug-likeness (QED) is 0.765. The summed E-state index contributed by atoms with van der Waals surface area (Å²) < 4.78 is 4.68. The van der Waals surface area contributed by atoms with Crippen LogP contribution in [0, 0.1) is 0 Å². The van der Waals surface area contributed by atoms with E-state index in [-0.39, 0.29) is 11.4 Å². The van der Waals surface area contributed by atoms with Crippen LogP contribution in [0.1, 0.15) is 10.4 Å². The smallest absolute Gasteiger partial charge is 0.342 e. The highest BCUT2D eigenvalue weighted by molar-refractivity contribution is 5.96. The Balaban J connectivity index is 2.54. The number of esters is 1. The van der Waals surface area contributed by atoms with E-state index in [0.29, 0.717) is 5.69 Å². The fourth-order valence-electron chi connectivity index (χ4n) is 1.73. The predicted octanol–water partition coefficient (Wildman–Crippen LogP) is 0.0127. The lowest BCUT2D eigenvalue weighted by atomic mass is 10.1. The fourth-order valence-corrected chi connectivity index (χ4v) is 1.73. The van der Waals surface area contributed by atoms with Crippen molar-refractivity contribution in [2.24, 2.45) is 0 Å². The van der Waals surface area contributed by atoms with Gasteiger partial charge >= 0.3 is 11.7 Å². The van der Waals surface area contributed by atoms with Crippen LogP contribution in [0.25, 0.3) is 0 Å². The standard InChI is InChI=1S/C12H12N4O4/c1-16(9-10(17)13-12(19)15-14-9)8-6-4-3-5-7(8)11(18)20-2/h3-6H,1-2H3,(H2,13,15,17,19). The third-order valence-corrected chi connectivity index (χ3v) is 2.68. The number of nitrogens with zero attached hydrogens (tertiary/aromatic N) is 2. The molecule has 104 valence electrons. The molecule has 2 aromatic rings. The Labute approximate surface area is 113 Å². The third-order valence-electron chi connectivity index (χ3n) is 2.68. The number of methoxy groups -OCH3 is 1. The number of rotatable bonds is 3. The zero-order valence-corrected chi connectivity index (χ0v) is 10.8. The van der Waals surface area contributed by atoms with Crippen LogP contribution in [0.3, 0.4) is 0 Å². The van der Waals surface area contributed by atoms with Crippen LogP contribution in [0.4, 0.5) is 11.5 Å². The van der Waals surface area contributed by atoms with Crippen LogP contribution < -0.4 is 16.1 Å². The summed E-state index contributed by atoms with van der Waals surface area (Å²) in [5.74, 6) is -0.575. The van der Waals surface area contributed by atoms with Gasteiger partial charge in [0, 0.05) is 7.05 Å². The Morgan fingerprint density at radius 2 is 2.00 bits per heavy atom. The molecule has 2 N–H and O–H groups in total. The van der Waals surface area contributed by atoms with Crippen molar-refractivity contribution in [2.75, 3.05) is 19.1 Å². The van der Waals surface area contributed by atoms with Gasteiger partial charge in [-0.1, -0.05) is 12.1 Å². The molecule has 1 aromatic carbocycles. The number of ether oxygens (including phenoxy) is 1. The van der Waals surface area contributed by atoms with E-state index in [9.17, 15) is 14.4 Å². The molecule has 0 radical (unpaired) electrons. The van der Waals surface area contributed by atoms with Crippen LogP contribution in [0.2, 0.25) is 0 Å². The van der Waals surface area contributed by atoms with E-state index >= 15 is 0 Å². The number of carbonyl (C=O) groups is 1. The Morgan fingerprint density at radius 1 is 1.30 bits per heavy atom. The zero-order valence-electron chi connectivity index (χ0n) is 10.8. The molecular weight excluding hydrogens is 264 g/mol. The van der Waals surface area contributed by atoms with E-state index in [1.165, 1.54) is 12.0 Å². The summed E-state index contributed by atoms with van der Waals surface area (Å²) >= 11 is 0. The Hall–Kier alpha value is -2.90. The summed E-state index contributed by atoms with van der Waals surface area (Å²) in [7, 11) is 2.82. The molecule has 0 saturated heterocycles. The number of aromatic amines is 2. The second kappa shape index (κ2) is 5.39. The van der Waals surface area contributed by atoms with Crippen molar-refractivity contribution < 1.29 is 9.53 Å². The van der Waals surface area contributed by atoms with Crippen LogP contribution in [-0.2, 0) is 4.74 Å². The molecule has 0 atom stereocenters. The molecular formula is C12H12N4O4. The molecule has 0 aliphatic heterocycles. The monoisotopic (exact) mass is 276 g/mol. The van der Waals surface area contributed by atoms with E-state index < -0.39 is 17.2 Å². The summed E-state index contributed by atoms with van der Waals surface area (Å²) in [6.07, 6.45) is 0. The highest BCUT2D eigenvalue weighted by Crippen LogP contribution is 2.23. The van der Waals surface area contributed by atoms with Crippen molar-refractivity contribution in [1.29, 1.82) is 0 Å². The SMILES string of the molecule is COC(=O)c1ccccc1N(C)c1n[nH]c(=O)[nH]c1=O. The first-order valence-corrected chi connectivity index (χ1v) is 5.64. The predicted molar refractivity (Wildman–Crippen MR) is 71.3 cm³/mol.